The molecule has 0 amide bonds. The third-order valence-electron chi connectivity index (χ3n) is 1.20. The molecule has 0 aliphatic rings. The minimum Gasteiger partial charge on any atom is -0.368 e. The van der Waals surface area contributed by atoms with Gasteiger partial charge >= 0.3 is 0 Å². The van der Waals surface area contributed by atoms with E-state index >= 15 is 0 Å². The lowest BCUT2D eigenvalue weighted by Gasteiger charge is -1.90. The second-order valence-corrected chi connectivity index (χ2v) is 2.28. The summed E-state index contributed by atoms with van der Waals surface area (Å²) in [5.74, 6) is 0.0826. The minimum atomic E-state index is 0.0826. The van der Waals surface area contributed by atoms with Crippen LogP contribution in [0.15, 0.2) is 10.7 Å². The topological polar surface area (TPSA) is 77.8 Å². The summed E-state index contributed by atoms with van der Waals surface area (Å²) >= 11 is 5.67. The average molecular weight is 171 g/mol. The lowest BCUT2D eigenvalue weighted by atomic mass is 10.4. The molecule has 0 spiro atoms. The first-order valence-corrected chi connectivity index (χ1v) is 3.18. The Bertz CT molecular complexity index is 398. The molecular formula is C5H3ClN4O. The zero-order valence-electron chi connectivity index (χ0n) is 5.28. The Hall–Kier alpha value is -1.36. The molecule has 2 rings (SSSR count). The van der Waals surface area contributed by atoms with Gasteiger partial charge < -0.3 is 10.3 Å². The van der Waals surface area contributed by atoms with Crippen LogP contribution in [-0.4, -0.2) is 15.1 Å². The number of rotatable bonds is 0. The Labute approximate surface area is 66.2 Å². The van der Waals surface area contributed by atoms with Gasteiger partial charge in [0.15, 0.2) is 0 Å². The SMILES string of the molecule is Nc1nc(Cl)c2cnoc2n1. The Morgan fingerprint density at radius 1 is 1.45 bits per heavy atom. The predicted molar refractivity (Wildman–Crippen MR) is 39.0 cm³/mol. The van der Waals surface area contributed by atoms with Gasteiger partial charge in [0.1, 0.15) is 5.15 Å². The zero-order chi connectivity index (χ0) is 7.84. The van der Waals surface area contributed by atoms with Crippen LogP contribution in [0.5, 0.6) is 0 Å². The van der Waals surface area contributed by atoms with E-state index in [2.05, 4.69) is 15.1 Å². The van der Waals surface area contributed by atoms with Gasteiger partial charge in [-0.1, -0.05) is 16.8 Å². The summed E-state index contributed by atoms with van der Waals surface area (Å²) in [7, 11) is 0. The predicted octanol–water partition coefficient (Wildman–Crippen LogP) is 0.853. The first kappa shape index (κ1) is 6.36. The molecule has 2 aromatic rings. The molecule has 0 aliphatic carbocycles. The number of halogens is 1. The van der Waals surface area contributed by atoms with Crippen molar-refractivity contribution in [1.82, 2.24) is 15.1 Å². The van der Waals surface area contributed by atoms with E-state index in [1.54, 1.807) is 0 Å². The van der Waals surface area contributed by atoms with Crippen LogP contribution < -0.4 is 5.73 Å². The average Bonchev–Trinajstić information content (AvgIpc) is 2.34. The van der Waals surface area contributed by atoms with Crippen molar-refractivity contribution in [3.05, 3.63) is 11.3 Å². The summed E-state index contributed by atoms with van der Waals surface area (Å²) in [6.45, 7) is 0. The lowest BCUT2D eigenvalue weighted by molar-refractivity contribution is 0.449. The van der Waals surface area contributed by atoms with Crippen LogP contribution in [0, 0.1) is 0 Å². The van der Waals surface area contributed by atoms with Gasteiger partial charge in [0.05, 0.1) is 11.6 Å². The summed E-state index contributed by atoms with van der Waals surface area (Å²) in [5.41, 5.74) is 5.60. The Morgan fingerprint density at radius 3 is 3.09 bits per heavy atom. The van der Waals surface area contributed by atoms with Crippen molar-refractivity contribution in [3.63, 3.8) is 0 Å². The molecular weight excluding hydrogens is 168 g/mol. The van der Waals surface area contributed by atoms with Crippen molar-refractivity contribution in [2.24, 2.45) is 0 Å². The quantitative estimate of drug-likeness (QED) is 0.593. The fraction of sp³-hybridized carbons (Fsp3) is 0. The van der Waals surface area contributed by atoms with Gasteiger partial charge in [-0.15, -0.1) is 0 Å². The van der Waals surface area contributed by atoms with Crippen LogP contribution in [0.2, 0.25) is 5.15 Å². The monoisotopic (exact) mass is 170 g/mol. The van der Waals surface area contributed by atoms with E-state index in [1.165, 1.54) is 6.20 Å². The van der Waals surface area contributed by atoms with E-state index < -0.39 is 0 Å². The highest BCUT2D eigenvalue weighted by atomic mass is 35.5. The summed E-state index contributed by atoms with van der Waals surface area (Å²) in [6.07, 6.45) is 1.44. The minimum absolute atomic E-state index is 0.0826. The maximum atomic E-state index is 5.67. The fourth-order valence-electron chi connectivity index (χ4n) is 0.745. The van der Waals surface area contributed by atoms with Gasteiger partial charge in [0.2, 0.25) is 5.95 Å². The molecule has 2 N–H and O–H groups in total. The van der Waals surface area contributed by atoms with E-state index in [4.69, 9.17) is 21.9 Å². The molecule has 11 heavy (non-hydrogen) atoms. The van der Waals surface area contributed by atoms with Gasteiger partial charge in [0.25, 0.3) is 5.71 Å². The first-order valence-electron chi connectivity index (χ1n) is 2.81. The molecule has 56 valence electrons. The number of nitrogens with two attached hydrogens (primary N) is 1. The molecule has 0 aliphatic heterocycles. The standard InChI is InChI=1S/C5H3ClN4O/c6-3-2-1-8-11-4(2)10-5(7)9-3/h1H,(H2,7,9,10). The summed E-state index contributed by atoms with van der Waals surface area (Å²) in [4.78, 5) is 7.46. The second kappa shape index (κ2) is 2.06. The second-order valence-electron chi connectivity index (χ2n) is 1.92. The van der Waals surface area contributed by atoms with Gasteiger partial charge in [-0.25, -0.2) is 4.98 Å². The summed E-state index contributed by atoms with van der Waals surface area (Å²) in [5, 5.41) is 4.31. The highest BCUT2D eigenvalue weighted by molar-refractivity contribution is 6.33. The Morgan fingerprint density at radius 2 is 2.27 bits per heavy atom. The number of nitrogens with zero attached hydrogens (tertiary/aromatic N) is 3. The molecule has 5 nitrogen and oxygen atoms in total. The summed E-state index contributed by atoms with van der Waals surface area (Å²) < 4.78 is 4.71. The number of anilines is 1. The molecule has 0 bridgehead atoms. The number of nitrogen functional groups attached to an aromatic ring is 1. The third-order valence-corrected chi connectivity index (χ3v) is 1.49. The number of hydrogen-bond donors (Lipinski definition) is 1. The van der Waals surface area contributed by atoms with Crippen LogP contribution in [0.3, 0.4) is 0 Å². The molecule has 0 saturated heterocycles. The fourth-order valence-corrected chi connectivity index (χ4v) is 0.962. The lowest BCUT2D eigenvalue weighted by Crippen LogP contribution is -1.93. The number of fused-ring (bicyclic) bond motifs is 1. The number of aromatic nitrogens is 3. The van der Waals surface area contributed by atoms with Crippen LogP contribution in [0.4, 0.5) is 5.95 Å². The Balaban J connectivity index is 2.91. The normalized spacial score (nSPS) is 10.6. The Kier molecular flexibility index (Phi) is 1.19. The molecule has 0 radical (unpaired) electrons. The van der Waals surface area contributed by atoms with Crippen molar-refractivity contribution >= 4 is 28.6 Å². The van der Waals surface area contributed by atoms with Crippen LogP contribution in [-0.2, 0) is 0 Å². The van der Waals surface area contributed by atoms with Gasteiger partial charge in [0, 0.05) is 0 Å². The molecule has 0 aromatic carbocycles. The molecule has 0 unspecified atom stereocenters. The molecule has 0 saturated carbocycles. The van der Waals surface area contributed by atoms with Crippen molar-refractivity contribution in [2.75, 3.05) is 5.73 Å². The molecule has 2 aromatic heterocycles. The molecule has 6 heteroatoms. The molecule has 0 fully saturated rings. The molecule has 0 atom stereocenters. The largest absolute Gasteiger partial charge is 0.368 e. The molecule has 2 heterocycles. The van der Waals surface area contributed by atoms with E-state index in [0.717, 1.165) is 0 Å². The van der Waals surface area contributed by atoms with Crippen molar-refractivity contribution < 1.29 is 4.52 Å². The summed E-state index contributed by atoms with van der Waals surface area (Å²) in [6, 6.07) is 0. The van der Waals surface area contributed by atoms with Gasteiger partial charge in [-0.2, -0.15) is 4.98 Å². The van der Waals surface area contributed by atoms with Gasteiger partial charge in [-0.05, 0) is 0 Å². The maximum Gasteiger partial charge on any atom is 0.264 e. The van der Waals surface area contributed by atoms with Crippen LogP contribution >= 0.6 is 11.6 Å². The van der Waals surface area contributed by atoms with E-state index in [9.17, 15) is 0 Å². The van der Waals surface area contributed by atoms with Crippen molar-refractivity contribution in [3.8, 4) is 0 Å². The van der Waals surface area contributed by atoms with Crippen LogP contribution in [0.25, 0.3) is 11.1 Å². The van der Waals surface area contributed by atoms with Gasteiger partial charge in [-0.3, -0.25) is 0 Å². The van der Waals surface area contributed by atoms with Crippen molar-refractivity contribution in [1.29, 1.82) is 0 Å². The highest BCUT2D eigenvalue weighted by Gasteiger charge is 2.06. The smallest absolute Gasteiger partial charge is 0.264 e. The van der Waals surface area contributed by atoms with E-state index in [-0.39, 0.29) is 11.1 Å². The van der Waals surface area contributed by atoms with E-state index in [0.29, 0.717) is 11.1 Å². The zero-order valence-corrected chi connectivity index (χ0v) is 6.04. The number of hydrogen-bond acceptors (Lipinski definition) is 5. The van der Waals surface area contributed by atoms with E-state index in [1.807, 2.05) is 0 Å². The first-order chi connectivity index (χ1) is 5.27. The highest BCUT2D eigenvalue weighted by Crippen LogP contribution is 2.19. The maximum absolute atomic E-state index is 5.67. The van der Waals surface area contributed by atoms with Crippen LogP contribution in [0.1, 0.15) is 0 Å². The third kappa shape index (κ3) is 0.894. The van der Waals surface area contributed by atoms with Crippen molar-refractivity contribution in [2.45, 2.75) is 0 Å².